The molecule has 2 aromatic carbocycles. The molecule has 0 aromatic heterocycles. The van der Waals surface area contributed by atoms with Gasteiger partial charge in [-0.15, -0.1) is 24.0 Å². The van der Waals surface area contributed by atoms with Crippen LogP contribution in [0.1, 0.15) is 35.3 Å². The maximum atomic E-state index is 12.0. The number of carbonyl (C=O) groups excluding carboxylic acids is 1. The van der Waals surface area contributed by atoms with Gasteiger partial charge in [0.2, 0.25) is 0 Å². The first-order chi connectivity index (χ1) is 13.5. The van der Waals surface area contributed by atoms with Crippen LogP contribution in [0.5, 0.6) is 5.75 Å². The van der Waals surface area contributed by atoms with Crippen molar-refractivity contribution in [2.45, 2.75) is 26.9 Å². The molecule has 0 saturated heterocycles. The Labute approximate surface area is 190 Å². The molecule has 0 bridgehead atoms. The molecule has 2 aromatic rings. The van der Waals surface area contributed by atoms with Crippen LogP contribution in [0.2, 0.25) is 0 Å². The number of hydrogen-bond acceptors (Lipinski definition) is 3. The van der Waals surface area contributed by atoms with E-state index in [1.165, 1.54) is 0 Å². The summed E-state index contributed by atoms with van der Waals surface area (Å²) < 4.78 is 5.54. The Hall–Kier alpha value is -2.29. The van der Waals surface area contributed by atoms with Crippen LogP contribution >= 0.6 is 24.0 Å². The molecule has 1 amide bonds. The molecule has 0 radical (unpaired) electrons. The largest absolute Gasteiger partial charge is 0.494 e. The molecule has 0 unspecified atom stereocenters. The number of rotatable bonds is 8. The van der Waals surface area contributed by atoms with Crippen LogP contribution in [0.4, 0.5) is 0 Å². The van der Waals surface area contributed by atoms with E-state index < -0.39 is 0 Å². The third-order valence-electron chi connectivity index (χ3n) is 4.04. The van der Waals surface area contributed by atoms with Crippen molar-refractivity contribution in [1.29, 1.82) is 0 Å². The van der Waals surface area contributed by atoms with Crippen molar-refractivity contribution in [3.05, 3.63) is 65.2 Å². The van der Waals surface area contributed by atoms with Gasteiger partial charge in [-0.25, -0.2) is 4.99 Å². The summed E-state index contributed by atoms with van der Waals surface area (Å²) in [6, 6.07) is 15.6. The molecule has 6 nitrogen and oxygen atoms in total. The van der Waals surface area contributed by atoms with Crippen LogP contribution in [-0.4, -0.2) is 44.0 Å². The summed E-state index contributed by atoms with van der Waals surface area (Å²) in [7, 11) is 3.50. The number of guanidine groups is 1. The second-order valence-electron chi connectivity index (χ2n) is 6.53. The van der Waals surface area contributed by atoms with Gasteiger partial charge in [-0.05, 0) is 49.2 Å². The van der Waals surface area contributed by atoms with E-state index in [4.69, 9.17) is 4.74 Å². The van der Waals surface area contributed by atoms with E-state index in [-0.39, 0.29) is 29.9 Å². The standard InChI is InChI=1S/C22H30N4O2.HI/c1-5-23-22(25-16-18-8-7-9-20(14-18)28-6-2)24-15-17-10-12-19(13-11-17)21(27)26(3)4;/h7-14H,5-6,15-16H2,1-4H3,(H2,23,24,25);1H. The lowest BCUT2D eigenvalue weighted by molar-refractivity contribution is 0.0827. The molecule has 0 heterocycles. The third kappa shape index (κ3) is 8.31. The highest BCUT2D eigenvalue weighted by Gasteiger charge is 2.07. The van der Waals surface area contributed by atoms with Gasteiger partial charge in [0.15, 0.2) is 5.96 Å². The van der Waals surface area contributed by atoms with Crippen molar-refractivity contribution in [1.82, 2.24) is 15.5 Å². The molecule has 0 aliphatic heterocycles. The highest BCUT2D eigenvalue weighted by atomic mass is 127. The summed E-state index contributed by atoms with van der Waals surface area (Å²) in [5.41, 5.74) is 2.86. The Morgan fingerprint density at radius 1 is 1.03 bits per heavy atom. The number of halogens is 1. The van der Waals surface area contributed by atoms with Gasteiger partial charge in [0.05, 0.1) is 13.2 Å². The topological polar surface area (TPSA) is 66.0 Å². The number of carbonyl (C=O) groups is 1. The number of ether oxygens (including phenoxy) is 1. The molecule has 29 heavy (non-hydrogen) atoms. The molecule has 2 rings (SSSR count). The molecule has 158 valence electrons. The third-order valence-corrected chi connectivity index (χ3v) is 4.04. The lowest BCUT2D eigenvalue weighted by Gasteiger charge is -2.13. The Balaban J connectivity index is 0.00000420. The van der Waals surface area contributed by atoms with E-state index in [0.29, 0.717) is 25.3 Å². The number of amides is 1. The van der Waals surface area contributed by atoms with Gasteiger partial charge in [0.1, 0.15) is 5.75 Å². The summed E-state index contributed by atoms with van der Waals surface area (Å²) in [6.45, 7) is 6.63. The zero-order valence-electron chi connectivity index (χ0n) is 17.6. The van der Waals surface area contributed by atoms with E-state index in [0.717, 1.165) is 29.4 Å². The highest BCUT2D eigenvalue weighted by Crippen LogP contribution is 2.14. The molecule has 0 atom stereocenters. The lowest BCUT2D eigenvalue weighted by Crippen LogP contribution is -2.36. The lowest BCUT2D eigenvalue weighted by atomic mass is 10.1. The van der Waals surface area contributed by atoms with E-state index in [1.807, 2.05) is 62.4 Å². The summed E-state index contributed by atoms with van der Waals surface area (Å²) in [4.78, 5) is 18.2. The molecule has 0 saturated carbocycles. The van der Waals surface area contributed by atoms with Crippen molar-refractivity contribution in [2.75, 3.05) is 27.2 Å². The summed E-state index contributed by atoms with van der Waals surface area (Å²) >= 11 is 0. The zero-order valence-corrected chi connectivity index (χ0v) is 19.9. The molecule has 0 fully saturated rings. The van der Waals surface area contributed by atoms with Crippen LogP contribution in [0, 0.1) is 0 Å². The minimum absolute atomic E-state index is 0. The molecule has 0 aliphatic carbocycles. The predicted molar refractivity (Wildman–Crippen MR) is 129 cm³/mol. The summed E-state index contributed by atoms with van der Waals surface area (Å²) in [6.07, 6.45) is 0. The van der Waals surface area contributed by atoms with Crippen LogP contribution in [0.25, 0.3) is 0 Å². The monoisotopic (exact) mass is 510 g/mol. The molecule has 0 aliphatic rings. The van der Waals surface area contributed by atoms with Crippen molar-refractivity contribution in [2.24, 2.45) is 4.99 Å². The maximum Gasteiger partial charge on any atom is 0.253 e. The first-order valence-corrected chi connectivity index (χ1v) is 9.58. The first kappa shape index (κ1) is 24.7. The average molecular weight is 510 g/mol. The van der Waals surface area contributed by atoms with Gasteiger partial charge in [0.25, 0.3) is 5.91 Å². The predicted octanol–water partition coefficient (Wildman–Crippen LogP) is 3.66. The second kappa shape index (κ2) is 13.0. The fourth-order valence-corrected chi connectivity index (χ4v) is 2.62. The number of benzene rings is 2. The molecular weight excluding hydrogens is 479 g/mol. The van der Waals surface area contributed by atoms with Gasteiger partial charge in [0, 0.05) is 32.7 Å². The van der Waals surface area contributed by atoms with E-state index in [1.54, 1.807) is 19.0 Å². The van der Waals surface area contributed by atoms with E-state index >= 15 is 0 Å². The Morgan fingerprint density at radius 2 is 1.76 bits per heavy atom. The van der Waals surface area contributed by atoms with Crippen molar-refractivity contribution in [3.8, 4) is 5.75 Å². The Bertz CT molecular complexity index is 792. The van der Waals surface area contributed by atoms with Gasteiger partial charge >= 0.3 is 0 Å². The normalized spacial score (nSPS) is 10.7. The van der Waals surface area contributed by atoms with Gasteiger partial charge in [-0.2, -0.15) is 0 Å². The molecule has 0 spiro atoms. The average Bonchev–Trinajstić information content (AvgIpc) is 2.70. The van der Waals surface area contributed by atoms with Crippen molar-refractivity contribution < 1.29 is 9.53 Å². The summed E-state index contributed by atoms with van der Waals surface area (Å²) in [5.74, 6) is 1.61. The number of aliphatic imine (C=N–C) groups is 1. The second-order valence-corrected chi connectivity index (χ2v) is 6.53. The first-order valence-electron chi connectivity index (χ1n) is 9.58. The van der Waals surface area contributed by atoms with Crippen molar-refractivity contribution >= 4 is 35.8 Å². The van der Waals surface area contributed by atoms with E-state index in [2.05, 4.69) is 15.6 Å². The van der Waals surface area contributed by atoms with Gasteiger partial charge in [-0.1, -0.05) is 24.3 Å². The minimum atomic E-state index is 0. The SMILES string of the molecule is CCNC(=NCc1cccc(OCC)c1)NCc1ccc(C(=O)N(C)C)cc1.I. The Morgan fingerprint density at radius 3 is 2.38 bits per heavy atom. The smallest absolute Gasteiger partial charge is 0.253 e. The number of nitrogens with zero attached hydrogens (tertiary/aromatic N) is 2. The highest BCUT2D eigenvalue weighted by molar-refractivity contribution is 14.0. The molecule has 2 N–H and O–H groups in total. The quantitative estimate of drug-likeness (QED) is 0.323. The molecular formula is C22H31IN4O2. The Kier molecular flexibility index (Phi) is 11.1. The fraction of sp³-hybridized carbons (Fsp3) is 0.364. The zero-order chi connectivity index (χ0) is 20.4. The van der Waals surface area contributed by atoms with Gasteiger partial charge in [-0.3, -0.25) is 4.79 Å². The minimum Gasteiger partial charge on any atom is -0.494 e. The van der Waals surface area contributed by atoms with Crippen LogP contribution in [0.3, 0.4) is 0 Å². The van der Waals surface area contributed by atoms with Crippen molar-refractivity contribution in [3.63, 3.8) is 0 Å². The number of hydrogen-bond donors (Lipinski definition) is 2. The molecule has 7 heteroatoms. The maximum absolute atomic E-state index is 12.0. The number of nitrogens with one attached hydrogen (secondary N) is 2. The summed E-state index contributed by atoms with van der Waals surface area (Å²) in [5, 5.41) is 6.59. The van der Waals surface area contributed by atoms with Crippen LogP contribution < -0.4 is 15.4 Å². The fourth-order valence-electron chi connectivity index (χ4n) is 2.62. The van der Waals surface area contributed by atoms with Crippen LogP contribution in [0.15, 0.2) is 53.5 Å². The van der Waals surface area contributed by atoms with E-state index in [9.17, 15) is 4.79 Å². The van der Waals surface area contributed by atoms with Crippen LogP contribution in [-0.2, 0) is 13.1 Å². The van der Waals surface area contributed by atoms with Gasteiger partial charge < -0.3 is 20.3 Å².